The van der Waals surface area contributed by atoms with Gasteiger partial charge >= 0.3 is 6.03 Å². The molecule has 1 atom stereocenters. The Kier molecular flexibility index (Phi) is 7.73. The molecule has 1 unspecified atom stereocenters. The topological polar surface area (TPSA) is 100 Å². The molecule has 1 saturated heterocycles. The minimum atomic E-state index is -0.552. The number of amides is 2. The monoisotopic (exact) mass is 493 g/mol. The molecule has 194 valence electrons. The van der Waals surface area contributed by atoms with Crippen LogP contribution in [-0.2, 0) is 6.54 Å². The van der Waals surface area contributed by atoms with Gasteiger partial charge < -0.3 is 15.5 Å². The van der Waals surface area contributed by atoms with E-state index in [1.807, 2.05) is 39.8 Å². The van der Waals surface area contributed by atoms with Crippen molar-refractivity contribution in [3.05, 3.63) is 58.7 Å². The van der Waals surface area contributed by atoms with E-state index < -0.39 is 6.04 Å². The van der Waals surface area contributed by atoms with Gasteiger partial charge in [0.1, 0.15) is 23.3 Å². The predicted molar refractivity (Wildman–Crippen MR) is 142 cm³/mol. The molecule has 0 radical (unpaired) electrons. The van der Waals surface area contributed by atoms with E-state index in [1.165, 1.54) is 29.5 Å². The van der Waals surface area contributed by atoms with E-state index >= 15 is 0 Å². The number of nitrogens with zero attached hydrogens (tertiary/aromatic N) is 3. The van der Waals surface area contributed by atoms with Crippen LogP contribution in [0.3, 0.4) is 0 Å². The summed E-state index contributed by atoms with van der Waals surface area (Å²) in [5.41, 5.74) is 6.69. The molecule has 8 heteroatoms. The van der Waals surface area contributed by atoms with E-state index in [-0.39, 0.29) is 29.5 Å². The number of phenols is 2. The molecule has 2 aliphatic rings. The largest absolute Gasteiger partial charge is 0.508 e. The van der Waals surface area contributed by atoms with Crippen LogP contribution in [0.2, 0.25) is 0 Å². The van der Waals surface area contributed by atoms with Crippen molar-refractivity contribution in [3.8, 4) is 11.5 Å². The highest BCUT2D eigenvalue weighted by Gasteiger charge is 2.37. The van der Waals surface area contributed by atoms with Crippen LogP contribution >= 0.6 is 0 Å². The first-order valence-corrected chi connectivity index (χ1v) is 12.9. The molecule has 1 fully saturated rings. The zero-order valence-electron chi connectivity index (χ0n) is 22.0. The Hall–Kier alpha value is -3.26. The van der Waals surface area contributed by atoms with Crippen LogP contribution in [0.5, 0.6) is 11.5 Å². The highest BCUT2D eigenvalue weighted by Crippen LogP contribution is 2.37. The number of hydrogen-bond donors (Lipinski definition) is 4. The zero-order valence-corrected chi connectivity index (χ0v) is 22.0. The SMILES string of the molecule is CC1CCN(Cc2ccc(C3C(c4cc(C(C)C)c(O)cc4O)=NNN3C(=O)NC(C)C)cc2)CC1. The maximum absolute atomic E-state index is 13.1. The molecule has 2 aromatic rings. The molecular formula is C28H39N5O3. The summed E-state index contributed by atoms with van der Waals surface area (Å²) in [6, 6.07) is 10.5. The first-order valence-electron chi connectivity index (χ1n) is 12.9. The Morgan fingerprint density at radius 3 is 2.36 bits per heavy atom. The summed E-state index contributed by atoms with van der Waals surface area (Å²) in [5, 5.41) is 29.9. The van der Waals surface area contributed by atoms with Crippen LogP contribution in [-0.4, -0.2) is 51.0 Å². The lowest BCUT2D eigenvalue weighted by Crippen LogP contribution is -2.48. The van der Waals surface area contributed by atoms with Crippen molar-refractivity contribution < 1.29 is 15.0 Å². The number of hydrazone groups is 1. The zero-order chi connectivity index (χ0) is 26.0. The molecule has 2 amide bonds. The van der Waals surface area contributed by atoms with E-state index in [2.05, 4.69) is 39.9 Å². The summed E-state index contributed by atoms with van der Waals surface area (Å²) in [6.07, 6.45) is 2.47. The van der Waals surface area contributed by atoms with Gasteiger partial charge in [0.25, 0.3) is 0 Å². The summed E-state index contributed by atoms with van der Waals surface area (Å²) in [7, 11) is 0. The molecule has 2 aliphatic heterocycles. The fourth-order valence-electron chi connectivity index (χ4n) is 4.89. The first-order chi connectivity index (χ1) is 17.1. The van der Waals surface area contributed by atoms with Crippen molar-refractivity contribution >= 4 is 11.7 Å². The van der Waals surface area contributed by atoms with Crippen LogP contribution in [0.4, 0.5) is 4.79 Å². The van der Waals surface area contributed by atoms with Crippen molar-refractivity contribution in [2.45, 2.75) is 72.0 Å². The van der Waals surface area contributed by atoms with Gasteiger partial charge in [-0.1, -0.05) is 45.0 Å². The van der Waals surface area contributed by atoms with Crippen molar-refractivity contribution in [1.82, 2.24) is 20.8 Å². The highest BCUT2D eigenvalue weighted by molar-refractivity contribution is 6.09. The number of aromatic hydroxyl groups is 2. The van der Waals surface area contributed by atoms with Crippen LogP contribution in [0.15, 0.2) is 41.5 Å². The van der Waals surface area contributed by atoms with Gasteiger partial charge in [-0.15, -0.1) is 0 Å². The van der Waals surface area contributed by atoms with Gasteiger partial charge in [-0.05, 0) is 74.4 Å². The Morgan fingerprint density at radius 1 is 1.08 bits per heavy atom. The van der Waals surface area contributed by atoms with E-state index in [0.29, 0.717) is 16.8 Å². The lowest BCUT2D eigenvalue weighted by Gasteiger charge is -2.30. The molecular weight excluding hydrogens is 454 g/mol. The average molecular weight is 494 g/mol. The lowest BCUT2D eigenvalue weighted by molar-refractivity contribution is 0.167. The van der Waals surface area contributed by atoms with Crippen LogP contribution in [0, 0.1) is 5.92 Å². The van der Waals surface area contributed by atoms with Gasteiger partial charge in [-0.25, -0.2) is 15.3 Å². The van der Waals surface area contributed by atoms with Gasteiger partial charge in [0.15, 0.2) is 0 Å². The number of hydrogen-bond acceptors (Lipinski definition) is 6. The number of hydrazine groups is 1. The molecule has 0 aliphatic carbocycles. The van der Waals surface area contributed by atoms with E-state index in [0.717, 1.165) is 31.1 Å². The maximum atomic E-state index is 13.1. The Morgan fingerprint density at radius 2 is 1.75 bits per heavy atom. The molecule has 36 heavy (non-hydrogen) atoms. The van der Waals surface area contributed by atoms with Gasteiger partial charge in [-0.2, -0.15) is 5.10 Å². The van der Waals surface area contributed by atoms with Crippen LogP contribution in [0.1, 0.15) is 81.7 Å². The number of carbonyl (C=O) groups is 1. The molecule has 4 rings (SSSR count). The van der Waals surface area contributed by atoms with Crippen molar-refractivity contribution in [2.75, 3.05) is 13.1 Å². The lowest BCUT2D eigenvalue weighted by atomic mass is 9.91. The fraction of sp³-hybridized carbons (Fsp3) is 0.500. The van der Waals surface area contributed by atoms with Gasteiger partial charge in [0, 0.05) is 24.2 Å². The van der Waals surface area contributed by atoms with E-state index in [1.54, 1.807) is 6.07 Å². The van der Waals surface area contributed by atoms with Crippen LogP contribution in [0.25, 0.3) is 0 Å². The molecule has 0 spiro atoms. The van der Waals surface area contributed by atoms with Crippen molar-refractivity contribution in [3.63, 3.8) is 0 Å². The van der Waals surface area contributed by atoms with Gasteiger partial charge in [0.2, 0.25) is 0 Å². The van der Waals surface area contributed by atoms with Crippen molar-refractivity contribution in [1.29, 1.82) is 0 Å². The number of nitrogens with one attached hydrogen (secondary N) is 2. The van der Waals surface area contributed by atoms with Crippen molar-refractivity contribution in [2.24, 2.45) is 11.0 Å². The third-order valence-corrected chi connectivity index (χ3v) is 7.05. The van der Waals surface area contributed by atoms with Gasteiger partial charge in [-0.3, -0.25) is 4.90 Å². The van der Waals surface area contributed by atoms with E-state index in [9.17, 15) is 15.0 Å². The third-order valence-electron chi connectivity index (χ3n) is 7.05. The average Bonchev–Trinajstić information content (AvgIpc) is 3.25. The first kappa shape index (κ1) is 25.8. The normalized spacial score (nSPS) is 19.0. The Balaban J connectivity index is 1.65. The minimum Gasteiger partial charge on any atom is -0.508 e. The predicted octanol–water partition coefficient (Wildman–Crippen LogP) is 4.84. The number of phenolic OH excluding ortho intramolecular Hbond substituents is 2. The number of likely N-dealkylation sites (tertiary alicyclic amines) is 1. The van der Waals surface area contributed by atoms with E-state index in [4.69, 9.17) is 0 Å². The molecule has 0 aromatic heterocycles. The summed E-state index contributed by atoms with van der Waals surface area (Å²) in [5.74, 6) is 0.812. The molecule has 0 saturated carbocycles. The molecule has 0 bridgehead atoms. The Bertz CT molecular complexity index is 1100. The smallest absolute Gasteiger partial charge is 0.338 e. The summed E-state index contributed by atoms with van der Waals surface area (Å²) in [6.45, 7) is 13.2. The molecule has 2 aromatic carbocycles. The quantitative estimate of drug-likeness (QED) is 0.462. The second-order valence-electron chi connectivity index (χ2n) is 10.8. The molecule has 8 nitrogen and oxygen atoms in total. The van der Waals surface area contributed by atoms with Gasteiger partial charge in [0.05, 0.1) is 0 Å². The number of urea groups is 1. The standard InChI is InChI=1S/C28H39N5O3/c1-17(2)22-14-23(25(35)15-24(22)34)26-27(33(31-30-26)28(36)29-18(3)4)21-8-6-20(7-9-21)16-32-12-10-19(5)11-13-32/h6-9,14-15,17-19,27,31,34-35H,10-13,16H2,1-5H3,(H,29,36). The second-order valence-corrected chi connectivity index (χ2v) is 10.8. The summed E-state index contributed by atoms with van der Waals surface area (Å²) >= 11 is 0. The fourth-order valence-corrected chi connectivity index (χ4v) is 4.89. The summed E-state index contributed by atoms with van der Waals surface area (Å²) < 4.78 is 0. The Labute approximate surface area is 214 Å². The number of benzene rings is 2. The third kappa shape index (κ3) is 5.59. The molecule has 4 N–H and O–H groups in total. The summed E-state index contributed by atoms with van der Waals surface area (Å²) in [4.78, 5) is 15.5. The van der Waals surface area contributed by atoms with Crippen LogP contribution < -0.4 is 10.9 Å². The number of piperidine rings is 1. The highest BCUT2D eigenvalue weighted by atomic mass is 16.3. The minimum absolute atomic E-state index is 0.0419. The number of carbonyl (C=O) groups excluding carboxylic acids is 1. The maximum Gasteiger partial charge on any atom is 0.338 e. The second kappa shape index (κ2) is 10.8. The number of rotatable bonds is 6. The molecule has 2 heterocycles.